The van der Waals surface area contributed by atoms with Crippen LogP contribution in [-0.2, 0) is 11.2 Å². The summed E-state index contributed by atoms with van der Waals surface area (Å²) < 4.78 is 5.24. The van der Waals surface area contributed by atoms with Gasteiger partial charge >= 0.3 is 5.97 Å². The fourth-order valence-electron chi connectivity index (χ4n) is 1.60. The number of aryl methyl sites for hydroxylation is 2. The molecule has 1 rings (SSSR count). The quantitative estimate of drug-likeness (QED) is 0.818. The number of rotatable bonds is 5. The molecule has 4 nitrogen and oxygen atoms in total. The lowest BCUT2D eigenvalue weighted by Gasteiger charge is -2.19. The molecule has 0 bridgehead atoms. The molecule has 0 fully saturated rings. The number of methoxy groups -OCH3 is 1. The number of benzene rings is 1. The molecular formula is C13H19NO3. The highest BCUT2D eigenvalue weighted by molar-refractivity contribution is 5.77. The second-order valence-electron chi connectivity index (χ2n) is 4.54. The van der Waals surface area contributed by atoms with Crippen molar-refractivity contribution in [3.63, 3.8) is 0 Å². The first-order valence-corrected chi connectivity index (χ1v) is 5.52. The summed E-state index contributed by atoms with van der Waals surface area (Å²) in [6.45, 7) is 3.51. The van der Waals surface area contributed by atoms with Crippen molar-refractivity contribution in [2.45, 2.75) is 32.2 Å². The number of hydrogen-bond acceptors (Lipinski definition) is 3. The number of carbonyl (C=O) groups is 1. The van der Waals surface area contributed by atoms with Gasteiger partial charge in [0.05, 0.1) is 7.11 Å². The number of aliphatic carboxylic acids is 1. The summed E-state index contributed by atoms with van der Waals surface area (Å²) in [5, 5.41) is 8.94. The number of hydrogen-bond donors (Lipinski definition) is 2. The van der Waals surface area contributed by atoms with Gasteiger partial charge in [-0.1, -0.05) is 17.7 Å². The Labute approximate surface area is 101 Å². The second-order valence-corrected chi connectivity index (χ2v) is 4.54. The largest absolute Gasteiger partial charge is 0.496 e. The van der Waals surface area contributed by atoms with E-state index in [4.69, 9.17) is 15.6 Å². The molecule has 0 aliphatic rings. The fourth-order valence-corrected chi connectivity index (χ4v) is 1.60. The molecule has 4 heteroatoms. The van der Waals surface area contributed by atoms with E-state index in [0.29, 0.717) is 12.8 Å². The van der Waals surface area contributed by atoms with Gasteiger partial charge in [-0.3, -0.25) is 4.79 Å². The molecule has 0 aliphatic heterocycles. The van der Waals surface area contributed by atoms with Crippen LogP contribution in [0.4, 0.5) is 0 Å². The molecule has 0 saturated carbocycles. The third-order valence-corrected chi connectivity index (χ3v) is 2.84. The van der Waals surface area contributed by atoms with Crippen LogP contribution in [0.2, 0.25) is 0 Å². The molecule has 0 heterocycles. The van der Waals surface area contributed by atoms with Gasteiger partial charge in [0.15, 0.2) is 0 Å². The normalized spacial score (nSPS) is 14.1. The Balaban J connectivity index is 2.81. The minimum atomic E-state index is -1.20. The average molecular weight is 237 g/mol. The zero-order chi connectivity index (χ0) is 13.1. The predicted octanol–water partition coefficient (Wildman–Crippen LogP) is 1.74. The van der Waals surface area contributed by atoms with E-state index in [2.05, 4.69) is 0 Å². The van der Waals surface area contributed by atoms with Gasteiger partial charge in [-0.25, -0.2) is 0 Å². The fraction of sp³-hybridized carbons (Fsp3) is 0.462. The summed E-state index contributed by atoms with van der Waals surface area (Å²) >= 11 is 0. The van der Waals surface area contributed by atoms with Crippen molar-refractivity contribution in [3.05, 3.63) is 29.3 Å². The topological polar surface area (TPSA) is 72.5 Å². The van der Waals surface area contributed by atoms with E-state index in [0.717, 1.165) is 16.9 Å². The molecular weight excluding hydrogens is 218 g/mol. The van der Waals surface area contributed by atoms with E-state index in [-0.39, 0.29) is 0 Å². The van der Waals surface area contributed by atoms with Crippen molar-refractivity contribution in [2.24, 2.45) is 5.73 Å². The molecule has 1 atom stereocenters. The molecule has 0 radical (unpaired) electrons. The lowest BCUT2D eigenvalue weighted by atomic mass is 9.93. The highest BCUT2D eigenvalue weighted by Crippen LogP contribution is 2.23. The first-order valence-electron chi connectivity index (χ1n) is 5.52. The predicted molar refractivity (Wildman–Crippen MR) is 66.3 cm³/mol. The number of carboxylic acids is 1. The zero-order valence-electron chi connectivity index (χ0n) is 10.5. The molecule has 94 valence electrons. The van der Waals surface area contributed by atoms with Gasteiger partial charge in [-0.05, 0) is 38.3 Å². The zero-order valence-corrected chi connectivity index (χ0v) is 10.5. The standard InChI is InChI=1S/C13H19NO3/c1-9-4-5-11(17-3)10(8-9)6-7-13(2,14)12(15)16/h4-5,8H,6-7,14H2,1-3H3,(H,15,16). The molecule has 0 aliphatic carbocycles. The van der Waals surface area contributed by atoms with Gasteiger partial charge in [0.25, 0.3) is 0 Å². The number of nitrogens with two attached hydrogens (primary N) is 1. The molecule has 3 N–H and O–H groups in total. The average Bonchev–Trinajstić information content (AvgIpc) is 2.26. The molecule has 0 aromatic heterocycles. The summed E-state index contributed by atoms with van der Waals surface area (Å²) in [4.78, 5) is 10.9. The molecule has 0 spiro atoms. The maximum Gasteiger partial charge on any atom is 0.323 e. The van der Waals surface area contributed by atoms with Crippen molar-refractivity contribution in [1.82, 2.24) is 0 Å². The van der Waals surface area contributed by atoms with Crippen molar-refractivity contribution in [1.29, 1.82) is 0 Å². The van der Waals surface area contributed by atoms with Crippen molar-refractivity contribution in [3.8, 4) is 5.75 Å². The van der Waals surface area contributed by atoms with Crippen LogP contribution in [0.25, 0.3) is 0 Å². The van der Waals surface area contributed by atoms with E-state index < -0.39 is 11.5 Å². The van der Waals surface area contributed by atoms with Crippen LogP contribution in [-0.4, -0.2) is 23.7 Å². The Hall–Kier alpha value is -1.55. The van der Waals surface area contributed by atoms with E-state index in [9.17, 15) is 4.79 Å². The van der Waals surface area contributed by atoms with Gasteiger partial charge in [-0.15, -0.1) is 0 Å². The Morgan fingerprint density at radius 2 is 2.18 bits per heavy atom. The summed E-state index contributed by atoms with van der Waals surface area (Å²) in [7, 11) is 1.60. The van der Waals surface area contributed by atoms with Crippen LogP contribution < -0.4 is 10.5 Å². The summed E-state index contributed by atoms with van der Waals surface area (Å²) in [6, 6.07) is 5.84. The van der Waals surface area contributed by atoms with Crippen LogP contribution in [0.1, 0.15) is 24.5 Å². The second kappa shape index (κ2) is 5.19. The Morgan fingerprint density at radius 1 is 1.53 bits per heavy atom. The van der Waals surface area contributed by atoms with E-state index in [1.807, 2.05) is 25.1 Å². The highest BCUT2D eigenvalue weighted by atomic mass is 16.5. The van der Waals surface area contributed by atoms with Crippen LogP contribution in [0.15, 0.2) is 18.2 Å². The van der Waals surface area contributed by atoms with E-state index >= 15 is 0 Å². The molecule has 1 unspecified atom stereocenters. The Bertz CT molecular complexity index is 413. The maximum absolute atomic E-state index is 10.9. The Morgan fingerprint density at radius 3 is 2.71 bits per heavy atom. The lowest BCUT2D eigenvalue weighted by molar-refractivity contribution is -0.142. The van der Waals surface area contributed by atoms with E-state index in [1.54, 1.807) is 7.11 Å². The third kappa shape index (κ3) is 3.46. The van der Waals surface area contributed by atoms with Crippen LogP contribution in [0, 0.1) is 6.92 Å². The smallest absolute Gasteiger partial charge is 0.323 e. The molecule has 17 heavy (non-hydrogen) atoms. The first-order chi connectivity index (χ1) is 7.86. The SMILES string of the molecule is COc1ccc(C)cc1CCC(C)(N)C(=O)O. The van der Waals surface area contributed by atoms with E-state index in [1.165, 1.54) is 6.92 Å². The highest BCUT2D eigenvalue weighted by Gasteiger charge is 2.27. The minimum Gasteiger partial charge on any atom is -0.496 e. The summed E-state index contributed by atoms with van der Waals surface area (Å²) in [5.74, 6) is -0.207. The van der Waals surface area contributed by atoms with Crippen LogP contribution in [0.5, 0.6) is 5.75 Å². The Kier molecular flexibility index (Phi) is 4.12. The lowest BCUT2D eigenvalue weighted by Crippen LogP contribution is -2.45. The molecule has 1 aromatic carbocycles. The van der Waals surface area contributed by atoms with Crippen molar-refractivity contribution >= 4 is 5.97 Å². The minimum absolute atomic E-state index is 0.377. The maximum atomic E-state index is 10.9. The number of ether oxygens (including phenoxy) is 1. The molecule has 0 amide bonds. The van der Waals surface area contributed by atoms with Gasteiger partial charge in [0, 0.05) is 0 Å². The third-order valence-electron chi connectivity index (χ3n) is 2.84. The number of carboxylic acid groups (broad SMARTS) is 1. The van der Waals surface area contributed by atoms with Gasteiger partial charge in [0.1, 0.15) is 11.3 Å². The van der Waals surface area contributed by atoms with Crippen LogP contribution in [0.3, 0.4) is 0 Å². The van der Waals surface area contributed by atoms with Crippen molar-refractivity contribution < 1.29 is 14.6 Å². The van der Waals surface area contributed by atoms with Gasteiger partial charge in [0.2, 0.25) is 0 Å². The molecule has 0 saturated heterocycles. The van der Waals surface area contributed by atoms with Crippen molar-refractivity contribution in [2.75, 3.05) is 7.11 Å². The first kappa shape index (κ1) is 13.5. The van der Waals surface area contributed by atoms with Gasteiger partial charge < -0.3 is 15.6 Å². The summed E-state index contributed by atoms with van der Waals surface area (Å²) in [6.07, 6.45) is 0.965. The molecule has 1 aromatic rings. The monoisotopic (exact) mass is 237 g/mol. The van der Waals surface area contributed by atoms with Crippen LogP contribution >= 0.6 is 0 Å². The summed E-state index contributed by atoms with van der Waals surface area (Å²) in [5.41, 5.74) is 6.61. The van der Waals surface area contributed by atoms with Gasteiger partial charge in [-0.2, -0.15) is 0 Å².